The number of nitrogens with one attached hydrogen (secondary N) is 3. The molecule has 2 heterocycles. The van der Waals surface area contributed by atoms with Crippen LogP contribution < -0.4 is 31.7 Å². The first-order valence-corrected chi connectivity index (χ1v) is 17.0. The standard InChI is InChI=1S/C14H20N4O3S.C12H12N4O3S2/c1-22(20,21)17-14(15)16-13(19)11-5-7-12(8-6-11)18-9-3-2-4-10-18;13-12(14-11(17)9-4-2-1-3-5-9)16-21(18,19)15-10-6-7-20-8-10/h5-8H,2-4,9-10H2,1H3,(H3,15,16,17,19);1-8,15H,(H3,13,14,16,17). The second-order valence-electron chi connectivity index (χ2n) is 9.14. The predicted octanol–water partition coefficient (Wildman–Crippen LogP) is 1.83. The largest absolute Gasteiger partial charge is 0.372 e. The Morgan fingerprint density at radius 2 is 1.35 bits per heavy atom. The van der Waals surface area contributed by atoms with Gasteiger partial charge in [-0.2, -0.15) is 19.8 Å². The first kappa shape index (κ1) is 33.0. The normalized spacial score (nSPS) is 14.2. The van der Waals surface area contributed by atoms with Crippen molar-refractivity contribution < 1.29 is 26.4 Å². The molecule has 2 aromatic carbocycles. The monoisotopic (exact) mass is 648 g/mol. The average Bonchev–Trinajstić information content (AvgIpc) is 3.45. The average molecular weight is 649 g/mol. The van der Waals surface area contributed by atoms with Crippen molar-refractivity contribution in [1.29, 1.82) is 0 Å². The third kappa shape index (κ3) is 11.7. The second-order valence-corrected chi connectivity index (χ2v) is 12.9. The van der Waals surface area contributed by atoms with Crippen molar-refractivity contribution in [3.05, 3.63) is 82.6 Å². The zero-order chi connectivity index (χ0) is 31.5. The van der Waals surface area contributed by atoms with Gasteiger partial charge in [0, 0.05) is 35.3 Å². The Balaban J connectivity index is 0.000000236. The van der Waals surface area contributed by atoms with Crippen LogP contribution >= 0.6 is 11.3 Å². The van der Waals surface area contributed by atoms with Crippen LogP contribution in [0.15, 0.2) is 80.2 Å². The lowest BCUT2D eigenvalue weighted by Crippen LogP contribution is -2.37. The molecule has 1 aliphatic rings. The summed E-state index contributed by atoms with van der Waals surface area (Å²) in [6.45, 7) is 2.05. The van der Waals surface area contributed by atoms with Crippen molar-refractivity contribution in [2.24, 2.45) is 20.3 Å². The SMILES string of the molecule is CS(=O)(=O)N=C(N)NC(=O)c1ccc(N2CCCCC2)cc1.NC(=NS(=O)(=O)Nc1ccsc1)NC(=O)c1ccccc1. The first-order chi connectivity index (χ1) is 20.3. The number of nitrogens with two attached hydrogens (primary N) is 2. The summed E-state index contributed by atoms with van der Waals surface area (Å²) in [7, 11) is -7.66. The van der Waals surface area contributed by atoms with Gasteiger partial charge in [-0.15, -0.1) is 8.80 Å². The Morgan fingerprint density at radius 1 is 0.791 bits per heavy atom. The Hall–Kier alpha value is -4.48. The number of carbonyl (C=O) groups excluding carboxylic acids is 2. The number of hydrogen-bond donors (Lipinski definition) is 5. The Bertz CT molecular complexity index is 1650. The van der Waals surface area contributed by atoms with Crippen molar-refractivity contribution in [1.82, 2.24) is 10.6 Å². The van der Waals surface area contributed by atoms with Gasteiger partial charge >= 0.3 is 10.2 Å². The van der Waals surface area contributed by atoms with E-state index in [9.17, 15) is 26.4 Å². The fourth-order valence-corrected chi connectivity index (χ4v) is 5.63. The third-order valence-electron chi connectivity index (χ3n) is 5.62. The van der Waals surface area contributed by atoms with Crippen LogP contribution in [0.5, 0.6) is 0 Å². The molecule has 17 heteroatoms. The number of benzene rings is 2. The molecule has 14 nitrogen and oxygen atoms in total. The number of anilines is 2. The minimum Gasteiger partial charge on any atom is -0.372 e. The molecule has 1 aromatic heterocycles. The van der Waals surface area contributed by atoms with Gasteiger partial charge in [0.05, 0.1) is 11.9 Å². The molecule has 1 saturated heterocycles. The van der Waals surface area contributed by atoms with Crippen LogP contribution in [-0.2, 0) is 20.2 Å². The minimum atomic E-state index is -4.03. The van der Waals surface area contributed by atoms with E-state index in [1.54, 1.807) is 59.3 Å². The van der Waals surface area contributed by atoms with Crippen LogP contribution in [0.2, 0.25) is 0 Å². The van der Waals surface area contributed by atoms with Crippen LogP contribution in [0.4, 0.5) is 11.4 Å². The summed E-state index contributed by atoms with van der Waals surface area (Å²) in [5, 5.41) is 7.77. The lowest BCUT2D eigenvalue weighted by atomic mass is 10.1. The maximum atomic E-state index is 11.9. The van der Waals surface area contributed by atoms with Gasteiger partial charge in [-0.25, -0.2) is 8.42 Å². The summed E-state index contributed by atoms with van der Waals surface area (Å²) in [5.74, 6) is -1.98. The molecule has 43 heavy (non-hydrogen) atoms. The van der Waals surface area contributed by atoms with Crippen molar-refractivity contribution in [2.45, 2.75) is 19.3 Å². The van der Waals surface area contributed by atoms with Crippen LogP contribution in [0.25, 0.3) is 0 Å². The highest BCUT2D eigenvalue weighted by atomic mass is 32.2. The van der Waals surface area contributed by atoms with Crippen molar-refractivity contribution in [2.75, 3.05) is 29.0 Å². The van der Waals surface area contributed by atoms with E-state index in [4.69, 9.17) is 11.5 Å². The molecule has 0 bridgehead atoms. The lowest BCUT2D eigenvalue weighted by molar-refractivity contribution is 0.0968. The smallest absolute Gasteiger partial charge is 0.345 e. The molecule has 230 valence electrons. The summed E-state index contributed by atoms with van der Waals surface area (Å²) in [5.41, 5.74) is 13.0. The molecule has 3 aromatic rings. The van der Waals surface area contributed by atoms with Crippen molar-refractivity contribution in [3.8, 4) is 0 Å². The number of carbonyl (C=O) groups is 2. The van der Waals surface area contributed by atoms with Gasteiger partial charge < -0.3 is 16.4 Å². The fourth-order valence-electron chi connectivity index (χ4n) is 3.79. The van der Waals surface area contributed by atoms with Crippen LogP contribution in [0.3, 0.4) is 0 Å². The zero-order valence-corrected chi connectivity index (χ0v) is 25.6. The zero-order valence-electron chi connectivity index (χ0n) is 23.1. The van der Waals surface area contributed by atoms with E-state index in [1.807, 2.05) is 12.1 Å². The number of piperidine rings is 1. The molecule has 2 amide bonds. The van der Waals surface area contributed by atoms with Gasteiger partial charge in [0.1, 0.15) is 0 Å². The molecule has 0 unspecified atom stereocenters. The third-order valence-corrected chi connectivity index (χ3v) is 7.76. The molecule has 0 radical (unpaired) electrons. The maximum absolute atomic E-state index is 11.9. The van der Waals surface area contributed by atoms with E-state index in [-0.39, 0.29) is 0 Å². The molecule has 0 aliphatic carbocycles. The first-order valence-electron chi connectivity index (χ1n) is 12.8. The van der Waals surface area contributed by atoms with Gasteiger partial charge in [0.2, 0.25) is 11.9 Å². The van der Waals surface area contributed by atoms with Gasteiger partial charge in [-0.05, 0) is 67.1 Å². The molecule has 7 N–H and O–H groups in total. The number of thiophene rings is 1. The fraction of sp³-hybridized carbons (Fsp3) is 0.231. The second kappa shape index (κ2) is 15.1. The van der Waals surface area contributed by atoms with E-state index in [0.29, 0.717) is 16.8 Å². The summed E-state index contributed by atoms with van der Waals surface area (Å²) in [6, 6.07) is 17.0. The highest BCUT2D eigenvalue weighted by Gasteiger charge is 2.14. The van der Waals surface area contributed by atoms with Gasteiger partial charge in [0.25, 0.3) is 21.8 Å². The van der Waals surface area contributed by atoms with Crippen molar-refractivity contribution in [3.63, 3.8) is 0 Å². The predicted molar refractivity (Wildman–Crippen MR) is 169 cm³/mol. The molecule has 1 aliphatic heterocycles. The summed E-state index contributed by atoms with van der Waals surface area (Å²) < 4.78 is 54.0. The maximum Gasteiger partial charge on any atom is 0.345 e. The van der Waals surface area contributed by atoms with Crippen molar-refractivity contribution >= 4 is 66.7 Å². The number of nitrogens with zero attached hydrogens (tertiary/aromatic N) is 3. The van der Waals surface area contributed by atoms with E-state index < -0.39 is 44.0 Å². The number of rotatable bonds is 7. The number of hydrogen-bond acceptors (Lipinski definition) is 8. The Morgan fingerprint density at radius 3 is 1.88 bits per heavy atom. The van der Waals surface area contributed by atoms with Gasteiger partial charge in [0.15, 0.2) is 0 Å². The highest BCUT2D eigenvalue weighted by Crippen LogP contribution is 2.20. The minimum absolute atomic E-state index is 0.346. The lowest BCUT2D eigenvalue weighted by Gasteiger charge is -2.28. The van der Waals surface area contributed by atoms with Gasteiger partial charge in [-0.1, -0.05) is 18.2 Å². The van der Waals surface area contributed by atoms with E-state index in [0.717, 1.165) is 25.0 Å². The van der Waals surface area contributed by atoms with E-state index >= 15 is 0 Å². The number of sulfonamides is 1. The molecular formula is C26H32N8O6S3. The van der Waals surface area contributed by atoms with Crippen LogP contribution in [0, 0.1) is 0 Å². The topological polar surface area (TPSA) is 219 Å². The summed E-state index contributed by atoms with van der Waals surface area (Å²) in [4.78, 5) is 26.0. The molecule has 0 saturated carbocycles. The highest BCUT2D eigenvalue weighted by molar-refractivity contribution is 7.91. The molecule has 0 spiro atoms. The van der Waals surface area contributed by atoms with E-state index in [1.165, 1.54) is 30.6 Å². The number of guanidine groups is 2. The van der Waals surface area contributed by atoms with Crippen LogP contribution in [0.1, 0.15) is 40.0 Å². The quantitative estimate of drug-likeness (QED) is 0.186. The van der Waals surface area contributed by atoms with E-state index in [2.05, 4.69) is 29.1 Å². The summed E-state index contributed by atoms with van der Waals surface area (Å²) >= 11 is 1.33. The molecule has 0 atom stereocenters. The number of amides is 2. The molecule has 4 rings (SSSR count). The Labute approximate surface area is 254 Å². The molecular weight excluding hydrogens is 617 g/mol. The van der Waals surface area contributed by atoms with Gasteiger partial charge in [-0.3, -0.25) is 24.9 Å². The summed E-state index contributed by atoms with van der Waals surface area (Å²) in [6.07, 6.45) is 4.52. The molecule has 1 fully saturated rings. The Kier molecular flexibility index (Phi) is 11.6. The van der Waals surface area contributed by atoms with Crippen LogP contribution in [-0.4, -0.2) is 59.9 Å².